The van der Waals surface area contributed by atoms with E-state index in [4.69, 9.17) is 10.5 Å². The van der Waals surface area contributed by atoms with Gasteiger partial charge in [-0.05, 0) is 25.1 Å². The Balaban J connectivity index is 2.49. The predicted molar refractivity (Wildman–Crippen MR) is 68.3 cm³/mol. The number of hydrogen-bond donors (Lipinski definition) is 2. The highest BCUT2D eigenvalue weighted by molar-refractivity contribution is 9.10. The Morgan fingerprint density at radius 3 is 2.94 bits per heavy atom. The zero-order valence-corrected chi connectivity index (χ0v) is 10.7. The maximum atomic E-state index is 11.5. The van der Waals surface area contributed by atoms with Crippen molar-refractivity contribution in [3.63, 3.8) is 0 Å². The number of nitrogens with one attached hydrogen (secondary N) is 1. The minimum absolute atomic E-state index is 0.0949. The van der Waals surface area contributed by atoms with Crippen molar-refractivity contribution in [3.8, 4) is 0 Å². The van der Waals surface area contributed by atoms with Gasteiger partial charge < -0.3 is 15.8 Å². The minimum atomic E-state index is -0.0949. The number of carbonyl (C=O) groups is 1. The highest BCUT2D eigenvalue weighted by Gasteiger charge is 2.05. The second kappa shape index (κ2) is 6.50. The first-order chi connectivity index (χ1) is 7.63. The van der Waals surface area contributed by atoms with E-state index < -0.39 is 0 Å². The third kappa shape index (κ3) is 4.20. The fourth-order valence-corrected chi connectivity index (χ4v) is 1.55. The number of nitrogens with two attached hydrogens (primary N) is 1. The molecular weight excluding hydrogens is 272 g/mol. The van der Waals surface area contributed by atoms with Gasteiger partial charge in [-0.3, -0.25) is 4.79 Å². The topological polar surface area (TPSA) is 64.3 Å². The number of rotatable bonds is 5. The van der Waals surface area contributed by atoms with Gasteiger partial charge in [0.15, 0.2) is 0 Å². The van der Waals surface area contributed by atoms with Crippen LogP contribution in [0.3, 0.4) is 0 Å². The third-order valence-electron chi connectivity index (χ3n) is 1.97. The van der Waals surface area contributed by atoms with Crippen LogP contribution in [0.15, 0.2) is 22.7 Å². The van der Waals surface area contributed by atoms with Gasteiger partial charge in [-0.2, -0.15) is 0 Å². The van der Waals surface area contributed by atoms with Crippen LogP contribution >= 0.6 is 15.9 Å². The molecule has 0 aromatic heterocycles. The molecule has 1 rings (SSSR count). The van der Waals surface area contributed by atoms with E-state index >= 15 is 0 Å². The summed E-state index contributed by atoms with van der Waals surface area (Å²) < 4.78 is 5.98. The van der Waals surface area contributed by atoms with Crippen LogP contribution in [0.5, 0.6) is 0 Å². The highest BCUT2D eigenvalue weighted by atomic mass is 79.9. The summed E-state index contributed by atoms with van der Waals surface area (Å²) in [4.78, 5) is 11.5. The lowest BCUT2D eigenvalue weighted by Gasteiger charge is -2.08. The molecule has 0 aliphatic heterocycles. The van der Waals surface area contributed by atoms with Crippen molar-refractivity contribution in [1.82, 2.24) is 0 Å². The fraction of sp³-hybridized carbons (Fsp3) is 0.364. The zero-order valence-electron chi connectivity index (χ0n) is 9.13. The highest BCUT2D eigenvalue weighted by Crippen LogP contribution is 2.22. The Bertz CT molecular complexity index is 369. The Hall–Kier alpha value is -1.07. The molecule has 0 saturated carbocycles. The molecule has 4 nitrogen and oxygen atoms in total. The summed E-state index contributed by atoms with van der Waals surface area (Å²) in [5.74, 6) is -0.0949. The van der Waals surface area contributed by atoms with Crippen LogP contribution in [0, 0.1) is 0 Å². The molecule has 1 amide bonds. The lowest BCUT2D eigenvalue weighted by molar-refractivity contribution is -0.117. The number of anilines is 2. The summed E-state index contributed by atoms with van der Waals surface area (Å²) in [6.45, 7) is 2.94. The molecule has 0 unspecified atom stereocenters. The van der Waals surface area contributed by atoms with Gasteiger partial charge in [0, 0.05) is 11.1 Å². The summed E-state index contributed by atoms with van der Waals surface area (Å²) in [5, 5.41) is 2.73. The van der Waals surface area contributed by atoms with Gasteiger partial charge in [-0.15, -0.1) is 0 Å². The first-order valence-electron chi connectivity index (χ1n) is 5.06. The Morgan fingerprint density at radius 1 is 1.56 bits per heavy atom. The largest absolute Gasteiger partial charge is 0.397 e. The van der Waals surface area contributed by atoms with Crippen molar-refractivity contribution in [2.45, 2.75) is 13.3 Å². The van der Waals surface area contributed by atoms with Gasteiger partial charge in [0.25, 0.3) is 0 Å². The molecule has 0 atom stereocenters. The summed E-state index contributed by atoms with van der Waals surface area (Å²) in [5.41, 5.74) is 6.92. The van der Waals surface area contributed by atoms with Gasteiger partial charge >= 0.3 is 0 Å². The average Bonchev–Trinajstić information content (AvgIpc) is 2.23. The number of benzene rings is 1. The van der Waals surface area contributed by atoms with Gasteiger partial charge in [0.1, 0.15) is 0 Å². The monoisotopic (exact) mass is 286 g/mol. The Morgan fingerprint density at radius 2 is 2.31 bits per heavy atom. The summed E-state index contributed by atoms with van der Waals surface area (Å²) >= 11 is 3.30. The summed E-state index contributed by atoms with van der Waals surface area (Å²) in [6, 6.07) is 5.34. The van der Waals surface area contributed by atoms with Gasteiger partial charge in [-0.1, -0.05) is 15.9 Å². The zero-order chi connectivity index (χ0) is 12.0. The van der Waals surface area contributed by atoms with Gasteiger partial charge in [0.2, 0.25) is 5.91 Å². The molecular formula is C11H15BrN2O2. The van der Waals surface area contributed by atoms with E-state index in [1.165, 1.54) is 0 Å². The molecule has 0 spiro atoms. The van der Waals surface area contributed by atoms with E-state index in [9.17, 15) is 4.79 Å². The van der Waals surface area contributed by atoms with Crippen LogP contribution in [0.4, 0.5) is 11.4 Å². The molecule has 0 heterocycles. The van der Waals surface area contributed by atoms with Gasteiger partial charge in [-0.25, -0.2) is 0 Å². The number of ether oxygens (including phenoxy) is 1. The van der Waals surface area contributed by atoms with Crippen LogP contribution in [0.25, 0.3) is 0 Å². The molecule has 1 aromatic rings. The molecule has 88 valence electrons. The number of amides is 1. The smallest absolute Gasteiger partial charge is 0.226 e. The van der Waals surface area contributed by atoms with Crippen molar-refractivity contribution in [2.24, 2.45) is 0 Å². The van der Waals surface area contributed by atoms with Crippen LogP contribution in [-0.2, 0) is 9.53 Å². The van der Waals surface area contributed by atoms with E-state index in [2.05, 4.69) is 21.2 Å². The number of nitrogen functional groups attached to an aromatic ring is 1. The number of hydrogen-bond acceptors (Lipinski definition) is 3. The van der Waals surface area contributed by atoms with Crippen LogP contribution in [0.2, 0.25) is 0 Å². The molecule has 0 saturated heterocycles. The average molecular weight is 287 g/mol. The molecule has 0 bridgehead atoms. The molecule has 1 aromatic carbocycles. The SMILES string of the molecule is CCOCCC(=O)Nc1ccc(Br)cc1N. The molecule has 3 N–H and O–H groups in total. The third-order valence-corrected chi connectivity index (χ3v) is 2.46. The van der Waals surface area contributed by atoms with Crippen molar-refractivity contribution in [1.29, 1.82) is 0 Å². The quantitative estimate of drug-likeness (QED) is 0.645. The van der Waals surface area contributed by atoms with E-state index in [0.29, 0.717) is 31.0 Å². The minimum Gasteiger partial charge on any atom is -0.397 e. The standard InChI is InChI=1S/C11H15BrN2O2/c1-2-16-6-5-11(15)14-10-4-3-8(12)7-9(10)13/h3-4,7H,2,5-6,13H2,1H3,(H,14,15). The maximum Gasteiger partial charge on any atom is 0.226 e. The molecule has 0 aliphatic carbocycles. The Labute approximate surface area is 103 Å². The normalized spacial score (nSPS) is 10.1. The van der Waals surface area contributed by atoms with Crippen molar-refractivity contribution in [3.05, 3.63) is 22.7 Å². The lowest BCUT2D eigenvalue weighted by Crippen LogP contribution is -2.15. The van der Waals surface area contributed by atoms with Crippen LogP contribution in [0.1, 0.15) is 13.3 Å². The first kappa shape index (κ1) is 13.0. The van der Waals surface area contributed by atoms with Crippen molar-refractivity contribution in [2.75, 3.05) is 24.3 Å². The molecule has 16 heavy (non-hydrogen) atoms. The summed E-state index contributed by atoms with van der Waals surface area (Å²) in [7, 11) is 0. The lowest BCUT2D eigenvalue weighted by atomic mass is 10.2. The predicted octanol–water partition coefficient (Wildman–Crippen LogP) is 2.40. The van der Waals surface area contributed by atoms with Crippen molar-refractivity contribution >= 4 is 33.2 Å². The van der Waals surface area contributed by atoms with Crippen LogP contribution < -0.4 is 11.1 Å². The van der Waals surface area contributed by atoms with Crippen molar-refractivity contribution < 1.29 is 9.53 Å². The van der Waals surface area contributed by atoms with E-state index in [1.54, 1.807) is 12.1 Å². The van der Waals surface area contributed by atoms with Crippen LogP contribution in [-0.4, -0.2) is 19.1 Å². The number of halogens is 1. The summed E-state index contributed by atoms with van der Waals surface area (Å²) in [6.07, 6.45) is 0.337. The fourth-order valence-electron chi connectivity index (χ4n) is 1.17. The van der Waals surface area contributed by atoms with Gasteiger partial charge in [0.05, 0.1) is 24.4 Å². The molecule has 5 heteroatoms. The number of carbonyl (C=O) groups excluding carboxylic acids is 1. The van der Waals surface area contributed by atoms with E-state index in [1.807, 2.05) is 13.0 Å². The van der Waals surface area contributed by atoms with E-state index in [0.717, 1.165) is 4.47 Å². The molecule has 0 fully saturated rings. The van der Waals surface area contributed by atoms with E-state index in [-0.39, 0.29) is 5.91 Å². The molecule has 0 aliphatic rings. The first-order valence-corrected chi connectivity index (χ1v) is 5.85. The Kier molecular flexibility index (Phi) is 5.28. The maximum absolute atomic E-state index is 11.5. The molecule has 0 radical (unpaired) electrons. The second-order valence-corrected chi connectivity index (χ2v) is 4.14. The second-order valence-electron chi connectivity index (χ2n) is 3.23.